The van der Waals surface area contributed by atoms with E-state index in [1.165, 1.54) is 0 Å². The van der Waals surface area contributed by atoms with Crippen LogP contribution in [0, 0.1) is 5.92 Å². The summed E-state index contributed by atoms with van der Waals surface area (Å²) < 4.78 is 25.1. The molecule has 1 aliphatic heterocycles. The van der Waals surface area contributed by atoms with Crippen molar-refractivity contribution in [3.63, 3.8) is 0 Å². The second kappa shape index (κ2) is 5.16. The second-order valence-corrected chi connectivity index (χ2v) is 7.72. The Bertz CT molecular complexity index is 707. The molecule has 108 valence electrons. The lowest BCUT2D eigenvalue weighted by molar-refractivity contribution is 0.447. The third-order valence-electron chi connectivity index (χ3n) is 4.04. The highest BCUT2D eigenvalue weighted by Crippen LogP contribution is 2.24. The van der Waals surface area contributed by atoms with E-state index in [1.54, 1.807) is 6.20 Å². The highest BCUT2D eigenvalue weighted by atomic mass is 32.2. The lowest BCUT2D eigenvalue weighted by Gasteiger charge is -2.21. The number of sulfone groups is 1. The van der Waals surface area contributed by atoms with Crippen molar-refractivity contribution >= 4 is 21.0 Å². The molecule has 2 aromatic rings. The van der Waals surface area contributed by atoms with Gasteiger partial charge < -0.3 is 4.57 Å². The molecule has 0 aromatic carbocycles. The van der Waals surface area contributed by atoms with Crippen LogP contribution in [0.2, 0.25) is 0 Å². The van der Waals surface area contributed by atoms with Gasteiger partial charge in [0.05, 0.1) is 11.5 Å². The molecule has 0 atom stereocenters. The Labute approximate surface area is 119 Å². The Morgan fingerprint density at radius 3 is 2.80 bits per heavy atom. The predicted octanol–water partition coefficient (Wildman–Crippen LogP) is 1.82. The summed E-state index contributed by atoms with van der Waals surface area (Å²) in [7, 11) is -2.79. The van der Waals surface area contributed by atoms with E-state index in [9.17, 15) is 8.42 Å². The Balaban J connectivity index is 1.84. The van der Waals surface area contributed by atoms with Crippen LogP contribution in [-0.4, -0.2) is 34.5 Å². The molecular weight excluding hydrogens is 274 g/mol. The molecule has 6 heteroatoms. The van der Waals surface area contributed by atoms with Gasteiger partial charge in [0, 0.05) is 19.2 Å². The number of aromatic nitrogens is 3. The summed E-state index contributed by atoms with van der Waals surface area (Å²) in [5.41, 5.74) is 1.85. The number of imidazole rings is 1. The van der Waals surface area contributed by atoms with Crippen LogP contribution in [0.1, 0.15) is 25.6 Å². The second-order valence-electron chi connectivity index (χ2n) is 5.42. The molecule has 2 aromatic heterocycles. The molecule has 0 radical (unpaired) electrons. The first-order chi connectivity index (χ1) is 9.59. The van der Waals surface area contributed by atoms with Gasteiger partial charge in [-0.2, -0.15) is 0 Å². The highest BCUT2D eigenvalue weighted by Gasteiger charge is 2.25. The minimum absolute atomic E-state index is 0.322. The summed E-state index contributed by atoms with van der Waals surface area (Å²) in [6.45, 7) is 2.93. The fourth-order valence-electron chi connectivity index (χ4n) is 2.89. The molecule has 0 saturated carbocycles. The molecular formula is C14H19N3O2S. The fourth-order valence-corrected chi connectivity index (χ4v) is 4.48. The van der Waals surface area contributed by atoms with Gasteiger partial charge in [-0.25, -0.2) is 18.4 Å². The van der Waals surface area contributed by atoms with Crippen LogP contribution < -0.4 is 0 Å². The molecule has 0 unspecified atom stereocenters. The van der Waals surface area contributed by atoms with Crippen LogP contribution in [-0.2, 0) is 22.8 Å². The normalized spacial score (nSPS) is 19.4. The van der Waals surface area contributed by atoms with Gasteiger partial charge in [-0.15, -0.1) is 0 Å². The minimum atomic E-state index is -2.79. The lowest BCUT2D eigenvalue weighted by atomic mass is 9.98. The molecule has 1 saturated heterocycles. The number of fused-ring (bicyclic) bond motifs is 1. The number of hydrogen-bond donors (Lipinski definition) is 0. The van der Waals surface area contributed by atoms with Crippen molar-refractivity contribution in [2.24, 2.45) is 5.92 Å². The number of hydrogen-bond acceptors (Lipinski definition) is 4. The zero-order chi connectivity index (χ0) is 14.2. The third kappa shape index (κ3) is 2.57. The van der Waals surface area contributed by atoms with Gasteiger partial charge in [0.15, 0.2) is 5.65 Å². The van der Waals surface area contributed by atoms with E-state index in [-0.39, 0.29) is 0 Å². The van der Waals surface area contributed by atoms with Gasteiger partial charge in [0.2, 0.25) is 0 Å². The third-order valence-corrected chi connectivity index (χ3v) is 5.76. The summed E-state index contributed by atoms with van der Waals surface area (Å²) in [5.74, 6) is 2.09. The van der Waals surface area contributed by atoms with Crippen LogP contribution in [0.5, 0.6) is 0 Å². The monoisotopic (exact) mass is 293 g/mol. The van der Waals surface area contributed by atoms with E-state index in [1.807, 2.05) is 12.1 Å². The molecule has 3 rings (SSSR count). The number of rotatable bonds is 3. The zero-order valence-corrected chi connectivity index (χ0v) is 12.4. The number of aryl methyl sites for hydroxylation is 1. The van der Waals surface area contributed by atoms with Crippen LogP contribution in [0.4, 0.5) is 0 Å². The molecule has 0 spiro atoms. The van der Waals surface area contributed by atoms with E-state index in [0.717, 1.165) is 42.8 Å². The summed E-state index contributed by atoms with van der Waals surface area (Å²) in [6, 6.07) is 3.87. The van der Waals surface area contributed by atoms with Crippen LogP contribution >= 0.6 is 0 Å². The van der Waals surface area contributed by atoms with Crippen molar-refractivity contribution in [1.82, 2.24) is 14.5 Å². The van der Waals surface area contributed by atoms with E-state index >= 15 is 0 Å². The Kier molecular flexibility index (Phi) is 3.50. The molecule has 20 heavy (non-hydrogen) atoms. The predicted molar refractivity (Wildman–Crippen MR) is 78.3 cm³/mol. The summed E-state index contributed by atoms with van der Waals surface area (Å²) >= 11 is 0. The maximum atomic E-state index is 11.5. The molecule has 0 aliphatic carbocycles. The van der Waals surface area contributed by atoms with Crippen molar-refractivity contribution in [3.05, 3.63) is 24.2 Å². The van der Waals surface area contributed by atoms with Crippen molar-refractivity contribution in [2.75, 3.05) is 11.5 Å². The first-order valence-electron chi connectivity index (χ1n) is 7.09. The molecule has 0 bridgehead atoms. The first kappa shape index (κ1) is 13.5. The quantitative estimate of drug-likeness (QED) is 0.866. The average molecular weight is 293 g/mol. The Morgan fingerprint density at radius 1 is 1.35 bits per heavy atom. The van der Waals surface area contributed by atoms with Gasteiger partial charge in [-0.3, -0.25) is 0 Å². The van der Waals surface area contributed by atoms with Gasteiger partial charge in [0.1, 0.15) is 21.2 Å². The summed E-state index contributed by atoms with van der Waals surface area (Å²) in [5, 5.41) is 0. The van der Waals surface area contributed by atoms with Gasteiger partial charge in [-0.05, 0) is 37.8 Å². The lowest BCUT2D eigenvalue weighted by Crippen LogP contribution is -2.25. The molecule has 3 heterocycles. The smallest absolute Gasteiger partial charge is 0.159 e. The maximum absolute atomic E-state index is 11.5. The Morgan fingerprint density at radius 2 is 2.10 bits per heavy atom. The molecule has 0 N–H and O–H groups in total. The van der Waals surface area contributed by atoms with E-state index in [2.05, 4.69) is 21.5 Å². The SMILES string of the molecule is CCn1c(CC2CCS(=O)(=O)CC2)nc2cccnc21. The summed E-state index contributed by atoms with van der Waals surface area (Å²) in [4.78, 5) is 9.06. The fraction of sp³-hybridized carbons (Fsp3) is 0.571. The van der Waals surface area contributed by atoms with Crippen molar-refractivity contribution in [3.8, 4) is 0 Å². The first-order valence-corrected chi connectivity index (χ1v) is 8.92. The minimum Gasteiger partial charge on any atom is -0.313 e. The average Bonchev–Trinajstić information content (AvgIpc) is 2.78. The molecule has 1 fully saturated rings. The van der Waals surface area contributed by atoms with Crippen molar-refractivity contribution < 1.29 is 8.42 Å². The molecule has 1 aliphatic rings. The van der Waals surface area contributed by atoms with Crippen LogP contribution in [0.15, 0.2) is 18.3 Å². The molecule has 0 amide bonds. The highest BCUT2D eigenvalue weighted by molar-refractivity contribution is 7.91. The maximum Gasteiger partial charge on any atom is 0.159 e. The zero-order valence-electron chi connectivity index (χ0n) is 11.6. The van der Waals surface area contributed by atoms with Crippen LogP contribution in [0.3, 0.4) is 0 Å². The van der Waals surface area contributed by atoms with Gasteiger partial charge in [-0.1, -0.05) is 0 Å². The summed E-state index contributed by atoms with van der Waals surface area (Å²) in [6.07, 6.45) is 4.14. The standard InChI is InChI=1S/C14H19N3O2S/c1-2-17-13(16-12-4-3-7-15-14(12)17)10-11-5-8-20(18,19)9-6-11/h3-4,7,11H,2,5-6,8-10H2,1H3. The van der Waals surface area contributed by atoms with Crippen molar-refractivity contribution in [1.29, 1.82) is 0 Å². The van der Waals surface area contributed by atoms with E-state index in [4.69, 9.17) is 0 Å². The van der Waals surface area contributed by atoms with Crippen molar-refractivity contribution in [2.45, 2.75) is 32.7 Å². The van der Waals surface area contributed by atoms with E-state index < -0.39 is 9.84 Å². The molecule has 5 nitrogen and oxygen atoms in total. The van der Waals surface area contributed by atoms with E-state index in [0.29, 0.717) is 17.4 Å². The van der Waals surface area contributed by atoms with Gasteiger partial charge >= 0.3 is 0 Å². The number of nitrogens with zero attached hydrogens (tertiary/aromatic N) is 3. The number of pyridine rings is 1. The topological polar surface area (TPSA) is 64.8 Å². The Hall–Kier alpha value is -1.43. The van der Waals surface area contributed by atoms with Crippen LogP contribution in [0.25, 0.3) is 11.2 Å². The van der Waals surface area contributed by atoms with Gasteiger partial charge in [0.25, 0.3) is 0 Å². The largest absolute Gasteiger partial charge is 0.313 e.